The Balaban J connectivity index is 4.00. The average molecular weight is 292 g/mol. The van der Waals surface area contributed by atoms with Crippen LogP contribution >= 0.6 is 0 Å². The molecule has 0 heterocycles. The Morgan fingerprint density at radius 1 is 0.842 bits per heavy atom. The fraction of sp³-hybridized carbons (Fsp3) is 1.00. The van der Waals surface area contributed by atoms with Gasteiger partial charge in [-0.2, -0.15) is 0 Å². The van der Waals surface area contributed by atoms with E-state index in [4.69, 9.17) is 24.7 Å². The molecule has 0 bridgehead atoms. The second-order valence-corrected chi connectivity index (χ2v) is 7.53. The van der Waals surface area contributed by atoms with Gasteiger partial charge < -0.3 is 24.7 Å². The van der Waals surface area contributed by atoms with Crippen LogP contribution in [0.15, 0.2) is 0 Å². The highest BCUT2D eigenvalue weighted by atomic mass is 28.4. The first-order valence-electron chi connectivity index (χ1n) is 7.48. The molecule has 0 aromatic rings. The first kappa shape index (κ1) is 19.0. The Kier molecular flexibility index (Phi) is 13.0. The van der Waals surface area contributed by atoms with E-state index in [1.54, 1.807) is 7.11 Å². The summed E-state index contributed by atoms with van der Waals surface area (Å²) in [4.78, 5) is 0. The van der Waals surface area contributed by atoms with Crippen LogP contribution in [-0.4, -0.2) is 42.2 Å². The summed E-state index contributed by atoms with van der Waals surface area (Å²) < 4.78 is 17.1. The van der Waals surface area contributed by atoms with Crippen LogP contribution in [0.1, 0.15) is 45.4 Å². The highest BCUT2D eigenvalue weighted by Gasteiger charge is 2.39. The molecule has 0 atom stereocenters. The molecule has 0 saturated heterocycles. The molecule has 0 aromatic carbocycles. The minimum Gasteiger partial charge on any atom is -0.377 e. The first-order chi connectivity index (χ1) is 9.24. The predicted octanol–water partition coefficient (Wildman–Crippen LogP) is 1.88. The normalized spacial score (nSPS) is 12.0. The van der Waals surface area contributed by atoms with E-state index in [1.165, 1.54) is 32.1 Å². The van der Waals surface area contributed by atoms with Crippen molar-refractivity contribution in [2.24, 2.45) is 11.5 Å². The highest BCUT2D eigenvalue weighted by molar-refractivity contribution is 6.60. The largest absolute Gasteiger partial charge is 0.500 e. The van der Waals surface area contributed by atoms with Crippen molar-refractivity contribution in [3.05, 3.63) is 0 Å². The van der Waals surface area contributed by atoms with Gasteiger partial charge in [-0.05, 0) is 6.42 Å². The monoisotopic (exact) mass is 292 g/mol. The van der Waals surface area contributed by atoms with Crippen LogP contribution in [0.3, 0.4) is 0 Å². The number of hydrogen-bond donors (Lipinski definition) is 2. The van der Waals surface area contributed by atoms with Gasteiger partial charge >= 0.3 is 8.80 Å². The van der Waals surface area contributed by atoms with Gasteiger partial charge in [-0.3, -0.25) is 0 Å². The maximum atomic E-state index is 5.77. The fourth-order valence-corrected chi connectivity index (χ4v) is 4.31. The first-order valence-corrected chi connectivity index (χ1v) is 9.41. The van der Waals surface area contributed by atoms with Crippen molar-refractivity contribution in [2.45, 2.75) is 51.5 Å². The topological polar surface area (TPSA) is 79.7 Å². The molecule has 6 heteroatoms. The van der Waals surface area contributed by atoms with Gasteiger partial charge in [-0.15, -0.1) is 0 Å². The summed E-state index contributed by atoms with van der Waals surface area (Å²) in [5.41, 5.74) is 11.0. The van der Waals surface area contributed by atoms with Crippen molar-refractivity contribution in [3.8, 4) is 0 Å². The van der Waals surface area contributed by atoms with E-state index in [-0.39, 0.29) is 0 Å². The van der Waals surface area contributed by atoms with Crippen molar-refractivity contribution in [2.75, 3.05) is 33.4 Å². The van der Waals surface area contributed by atoms with E-state index in [0.29, 0.717) is 26.3 Å². The highest BCUT2D eigenvalue weighted by Crippen LogP contribution is 2.19. The number of unbranched alkanes of at least 4 members (excludes halogenated alkanes) is 5. The van der Waals surface area contributed by atoms with Gasteiger partial charge in [0.2, 0.25) is 0 Å². The fourth-order valence-electron chi connectivity index (χ4n) is 1.96. The molecule has 0 radical (unpaired) electrons. The third-order valence-corrected chi connectivity index (χ3v) is 5.90. The smallest absolute Gasteiger partial charge is 0.377 e. The summed E-state index contributed by atoms with van der Waals surface area (Å²) in [5.74, 6) is 0. The van der Waals surface area contributed by atoms with Crippen molar-refractivity contribution >= 4 is 8.80 Å². The molecule has 0 saturated carbocycles. The maximum Gasteiger partial charge on any atom is 0.500 e. The maximum absolute atomic E-state index is 5.77. The molecule has 116 valence electrons. The average Bonchev–Trinajstić information content (AvgIpc) is 2.45. The van der Waals surface area contributed by atoms with Gasteiger partial charge in [0.25, 0.3) is 0 Å². The van der Waals surface area contributed by atoms with Crippen LogP contribution in [-0.2, 0) is 13.3 Å². The van der Waals surface area contributed by atoms with Crippen LogP contribution < -0.4 is 11.5 Å². The molecule has 0 rings (SSSR count). The molecule has 0 aromatic heterocycles. The molecule has 5 nitrogen and oxygen atoms in total. The summed E-state index contributed by atoms with van der Waals surface area (Å²) >= 11 is 0. The van der Waals surface area contributed by atoms with E-state index in [0.717, 1.165) is 12.5 Å². The van der Waals surface area contributed by atoms with E-state index in [9.17, 15) is 0 Å². The van der Waals surface area contributed by atoms with Crippen LogP contribution in [0, 0.1) is 0 Å². The Bertz CT molecular complexity index is 189. The zero-order chi connectivity index (χ0) is 14.4. The van der Waals surface area contributed by atoms with Gasteiger partial charge in [-0.25, -0.2) is 0 Å². The molecule has 0 unspecified atom stereocenters. The second kappa shape index (κ2) is 13.0. The molecule has 0 aliphatic rings. The van der Waals surface area contributed by atoms with Gasteiger partial charge in [0.1, 0.15) is 0 Å². The molecule has 0 amide bonds. The standard InChI is InChI=1S/C13H32N2O3Si/c1-3-4-5-6-7-8-13-19(16-2,17-11-9-14)18-12-10-15/h3-15H2,1-2H3. The second-order valence-electron chi connectivity index (χ2n) is 4.68. The molecule has 0 aliphatic carbocycles. The zero-order valence-corrected chi connectivity index (χ0v) is 13.7. The van der Waals surface area contributed by atoms with Gasteiger partial charge in [0.15, 0.2) is 0 Å². The molecule has 0 aliphatic heterocycles. The third kappa shape index (κ3) is 9.54. The Morgan fingerprint density at radius 3 is 1.84 bits per heavy atom. The van der Waals surface area contributed by atoms with E-state index < -0.39 is 8.80 Å². The molecule has 19 heavy (non-hydrogen) atoms. The number of hydrogen-bond acceptors (Lipinski definition) is 5. The lowest BCUT2D eigenvalue weighted by molar-refractivity contribution is 0.0817. The third-order valence-electron chi connectivity index (χ3n) is 3.03. The Morgan fingerprint density at radius 2 is 1.37 bits per heavy atom. The summed E-state index contributed by atoms with van der Waals surface area (Å²) in [7, 11) is -0.877. The van der Waals surface area contributed by atoms with Crippen molar-refractivity contribution in [1.29, 1.82) is 0 Å². The number of nitrogens with two attached hydrogens (primary N) is 2. The van der Waals surface area contributed by atoms with Gasteiger partial charge in [-0.1, -0.05) is 39.0 Å². The summed E-state index contributed by atoms with van der Waals surface area (Å²) in [6.07, 6.45) is 7.46. The van der Waals surface area contributed by atoms with Crippen LogP contribution in [0.4, 0.5) is 0 Å². The van der Waals surface area contributed by atoms with E-state index in [2.05, 4.69) is 6.92 Å². The zero-order valence-electron chi connectivity index (χ0n) is 12.7. The Hall–Kier alpha value is 0.0169. The SMILES string of the molecule is CCCCCCCC[Si](OC)(OCCN)OCCN. The Labute approximate surface area is 119 Å². The lowest BCUT2D eigenvalue weighted by Crippen LogP contribution is -2.46. The van der Waals surface area contributed by atoms with Gasteiger partial charge in [0, 0.05) is 26.2 Å². The number of rotatable bonds is 14. The quantitative estimate of drug-likeness (QED) is 0.377. The minimum atomic E-state index is -2.54. The molecule has 0 fully saturated rings. The predicted molar refractivity (Wildman–Crippen MR) is 81.0 cm³/mol. The van der Waals surface area contributed by atoms with Crippen molar-refractivity contribution in [1.82, 2.24) is 0 Å². The lowest BCUT2D eigenvalue weighted by Gasteiger charge is -2.27. The summed E-state index contributed by atoms with van der Waals surface area (Å²) in [6.45, 7) is 4.17. The lowest BCUT2D eigenvalue weighted by atomic mass is 10.1. The van der Waals surface area contributed by atoms with Gasteiger partial charge in [0.05, 0.1) is 13.2 Å². The minimum absolute atomic E-state index is 0.487. The van der Waals surface area contributed by atoms with E-state index >= 15 is 0 Å². The molecule has 0 spiro atoms. The van der Waals surface area contributed by atoms with Crippen molar-refractivity contribution in [3.63, 3.8) is 0 Å². The van der Waals surface area contributed by atoms with E-state index in [1.807, 2.05) is 0 Å². The van der Waals surface area contributed by atoms with Crippen molar-refractivity contribution < 1.29 is 13.3 Å². The van der Waals surface area contributed by atoms with Crippen LogP contribution in [0.25, 0.3) is 0 Å². The summed E-state index contributed by atoms with van der Waals surface area (Å²) in [6, 6.07) is 0.857. The molecule has 4 N–H and O–H groups in total. The van der Waals surface area contributed by atoms with Crippen LogP contribution in [0.5, 0.6) is 0 Å². The molecular weight excluding hydrogens is 260 g/mol. The summed E-state index contributed by atoms with van der Waals surface area (Å²) in [5, 5.41) is 0. The molecular formula is C13H32N2O3Si. The van der Waals surface area contributed by atoms with Crippen LogP contribution in [0.2, 0.25) is 6.04 Å².